The molecule has 2 aromatic rings. The van der Waals surface area contributed by atoms with Gasteiger partial charge in [-0.1, -0.05) is 58.0 Å². The van der Waals surface area contributed by atoms with E-state index in [1.54, 1.807) is 0 Å². The third-order valence-corrected chi connectivity index (χ3v) is 6.58. The Morgan fingerprint density at radius 2 is 1.48 bits per heavy atom. The molecule has 4 rings (SSSR count). The van der Waals surface area contributed by atoms with Crippen molar-refractivity contribution in [1.82, 2.24) is 0 Å². The van der Waals surface area contributed by atoms with Crippen molar-refractivity contribution in [2.24, 2.45) is 0 Å². The maximum atomic E-state index is 5.56. The second kappa shape index (κ2) is 8.79. The monoisotopic (exact) mass is 392 g/mol. The first-order valence-corrected chi connectivity index (χ1v) is 11.3. The predicted molar refractivity (Wildman–Crippen MR) is 124 cm³/mol. The first-order valence-electron chi connectivity index (χ1n) is 11.3. The molecule has 0 aromatic heterocycles. The van der Waals surface area contributed by atoms with Crippen molar-refractivity contribution in [3.05, 3.63) is 59.2 Å². The average Bonchev–Trinajstić information content (AvgIpc) is 3.24. The van der Waals surface area contributed by atoms with Crippen molar-refractivity contribution >= 4 is 11.4 Å². The van der Waals surface area contributed by atoms with Crippen molar-refractivity contribution in [2.75, 3.05) is 49.2 Å². The molecule has 29 heavy (non-hydrogen) atoms. The van der Waals surface area contributed by atoms with Crippen LogP contribution in [-0.2, 0) is 4.74 Å². The van der Waals surface area contributed by atoms with Crippen LogP contribution in [0.1, 0.15) is 68.6 Å². The van der Waals surface area contributed by atoms with E-state index in [4.69, 9.17) is 4.74 Å². The molecule has 0 spiro atoms. The fourth-order valence-corrected chi connectivity index (χ4v) is 4.90. The van der Waals surface area contributed by atoms with Crippen molar-refractivity contribution in [2.45, 2.75) is 51.9 Å². The lowest BCUT2D eigenvalue weighted by Gasteiger charge is -2.32. The molecule has 1 unspecified atom stereocenters. The van der Waals surface area contributed by atoms with E-state index < -0.39 is 0 Å². The van der Waals surface area contributed by atoms with Gasteiger partial charge in [0, 0.05) is 43.5 Å². The molecule has 3 nitrogen and oxygen atoms in total. The fraction of sp³-hybridized carbons (Fsp3) is 0.538. The zero-order valence-electron chi connectivity index (χ0n) is 18.5. The highest BCUT2D eigenvalue weighted by atomic mass is 16.5. The Labute approximate surface area is 176 Å². The lowest BCUT2D eigenvalue weighted by Crippen LogP contribution is -2.36. The molecular formula is C26H36N2O. The smallest absolute Gasteiger partial charge is 0.0642 e. The van der Waals surface area contributed by atoms with Crippen LogP contribution in [0.15, 0.2) is 42.5 Å². The maximum Gasteiger partial charge on any atom is 0.0642 e. The van der Waals surface area contributed by atoms with Gasteiger partial charge in [0.05, 0.1) is 13.2 Å². The van der Waals surface area contributed by atoms with E-state index >= 15 is 0 Å². The molecule has 2 saturated heterocycles. The Balaban J connectivity index is 1.56. The fourth-order valence-electron chi connectivity index (χ4n) is 4.90. The van der Waals surface area contributed by atoms with Crippen LogP contribution in [0.25, 0.3) is 0 Å². The van der Waals surface area contributed by atoms with Gasteiger partial charge in [0.15, 0.2) is 0 Å². The molecule has 0 N–H and O–H groups in total. The highest BCUT2D eigenvalue weighted by molar-refractivity contribution is 5.59. The number of morpholine rings is 1. The molecule has 156 valence electrons. The van der Waals surface area contributed by atoms with Gasteiger partial charge in [-0.2, -0.15) is 0 Å². The van der Waals surface area contributed by atoms with Gasteiger partial charge in [-0.3, -0.25) is 0 Å². The molecule has 2 heterocycles. The van der Waals surface area contributed by atoms with Crippen LogP contribution in [0.5, 0.6) is 0 Å². The number of anilines is 2. The summed E-state index contributed by atoms with van der Waals surface area (Å²) < 4.78 is 5.56. The minimum Gasteiger partial charge on any atom is -0.378 e. The minimum absolute atomic E-state index is 0.534. The number of hydrogen-bond donors (Lipinski definition) is 0. The van der Waals surface area contributed by atoms with E-state index in [9.17, 15) is 0 Å². The van der Waals surface area contributed by atoms with Gasteiger partial charge in [0.2, 0.25) is 0 Å². The number of hydrogen-bond acceptors (Lipinski definition) is 3. The number of rotatable bonds is 5. The van der Waals surface area contributed by atoms with Crippen molar-refractivity contribution in [3.8, 4) is 0 Å². The summed E-state index contributed by atoms with van der Waals surface area (Å²) in [6.07, 6.45) is 1.24. The molecule has 0 bridgehead atoms. The van der Waals surface area contributed by atoms with Gasteiger partial charge in [-0.15, -0.1) is 0 Å². The first kappa shape index (κ1) is 20.3. The number of ether oxygens (including phenoxy) is 1. The van der Waals surface area contributed by atoms with Gasteiger partial charge in [-0.25, -0.2) is 0 Å². The summed E-state index contributed by atoms with van der Waals surface area (Å²) in [5.74, 6) is 1.71. The molecule has 0 aliphatic carbocycles. The SMILES string of the molecule is CC(C)c1cc(C2CCN(c3ccccc3C(C)C)C2)ccc1N1CCOCC1. The van der Waals surface area contributed by atoms with E-state index in [-0.39, 0.29) is 0 Å². The van der Waals surface area contributed by atoms with Crippen LogP contribution in [0.2, 0.25) is 0 Å². The zero-order valence-corrected chi connectivity index (χ0v) is 18.5. The Morgan fingerprint density at radius 1 is 0.793 bits per heavy atom. The normalized spacial score (nSPS) is 20.1. The highest BCUT2D eigenvalue weighted by Crippen LogP contribution is 2.37. The Kier molecular flexibility index (Phi) is 6.15. The van der Waals surface area contributed by atoms with E-state index in [0.29, 0.717) is 17.8 Å². The standard InChI is InChI=1S/C26H36N2O/c1-19(2)23-7-5-6-8-25(23)28-12-11-22(18-28)21-9-10-26(24(17-21)20(3)4)27-13-15-29-16-14-27/h5-10,17,19-20,22H,11-16,18H2,1-4H3. The van der Waals surface area contributed by atoms with Gasteiger partial charge in [-0.05, 0) is 47.1 Å². The van der Waals surface area contributed by atoms with Crippen LogP contribution < -0.4 is 9.80 Å². The summed E-state index contributed by atoms with van der Waals surface area (Å²) in [6.45, 7) is 15.2. The third kappa shape index (κ3) is 4.30. The summed E-state index contributed by atoms with van der Waals surface area (Å²) in [5.41, 5.74) is 7.31. The van der Waals surface area contributed by atoms with Crippen LogP contribution in [0.4, 0.5) is 11.4 Å². The number of nitrogens with zero attached hydrogens (tertiary/aromatic N) is 2. The first-order chi connectivity index (χ1) is 14.0. The second-order valence-electron chi connectivity index (χ2n) is 9.22. The van der Waals surface area contributed by atoms with Crippen molar-refractivity contribution in [3.63, 3.8) is 0 Å². The molecule has 0 amide bonds. The largest absolute Gasteiger partial charge is 0.378 e. The third-order valence-electron chi connectivity index (χ3n) is 6.58. The second-order valence-corrected chi connectivity index (χ2v) is 9.22. The lowest BCUT2D eigenvalue weighted by molar-refractivity contribution is 0.122. The molecule has 2 aromatic carbocycles. The molecule has 0 saturated carbocycles. The Hall–Kier alpha value is -2.00. The van der Waals surface area contributed by atoms with Gasteiger partial charge in [0.25, 0.3) is 0 Å². The molecule has 3 heteroatoms. The van der Waals surface area contributed by atoms with Gasteiger partial charge >= 0.3 is 0 Å². The molecule has 1 atom stereocenters. The van der Waals surface area contributed by atoms with E-state index in [1.807, 2.05) is 0 Å². The van der Waals surface area contributed by atoms with Gasteiger partial charge < -0.3 is 14.5 Å². The van der Waals surface area contributed by atoms with Crippen molar-refractivity contribution < 1.29 is 4.74 Å². The van der Waals surface area contributed by atoms with E-state index in [1.165, 1.54) is 34.5 Å². The van der Waals surface area contributed by atoms with Crippen LogP contribution in [0.3, 0.4) is 0 Å². The topological polar surface area (TPSA) is 15.7 Å². The number of para-hydroxylation sites is 1. The maximum absolute atomic E-state index is 5.56. The summed E-state index contributed by atoms with van der Waals surface area (Å²) in [5, 5.41) is 0. The van der Waals surface area contributed by atoms with Crippen molar-refractivity contribution in [1.29, 1.82) is 0 Å². The molecular weight excluding hydrogens is 356 g/mol. The molecule has 2 aliphatic rings. The summed E-state index contributed by atoms with van der Waals surface area (Å²) in [7, 11) is 0. The van der Waals surface area contributed by atoms with E-state index in [2.05, 4.69) is 80.0 Å². The van der Waals surface area contributed by atoms with Crippen LogP contribution in [0, 0.1) is 0 Å². The van der Waals surface area contributed by atoms with E-state index in [0.717, 1.165) is 39.4 Å². The summed E-state index contributed by atoms with van der Waals surface area (Å²) in [4.78, 5) is 5.10. The zero-order chi connectivity index (χ0) is 20.4. The minimum atomic E-state index is 0.534. The van der Waals surface area contributed by atoms with Gasteiger partial charge in [0.1, 0.15) is 0 Å². The molecule has 2 aliphatic heterocycles. The molecule has 2 fully saturated rings. The summed E-state index contributed by atoms with van der Waals surface area (Å²) >= 11 is 0. The summed E-state index contributed by atoms with van der Waals surface area (Å²) in [6, 6.07) is 16.2. The molecule has 0 radical (unpaired) electrons. The lowest BCUT2D eigenvalue weighted by atomic mass is 9.91. The number of benzene rings is 2. The predicted octanol–water partition coefficient (Wildman–Crippen LogP) is 5.76. The van der Waals surface area contributed by atoms with Crippen LogP contribution >= 0.6 is 0 Å². The Bertz CT molecular complexity index is 823. The highest BCUT2D eigenvalue weighted by Gasteiger charge is 2.27. The average molecular weight is 393 g/mol. The van der Waals surface area contributed by atoms with Crippen LogP contribution in [-0.4, -0.2) is 39.4 Å². The quantitative estimate of drug-likeness (QED) is 0.643. The Morgan fingerprint density at radius 3 is 2.21 bits per heavy atom.